The van der Waals surface area contributed by atoms with Crippen molar-refractivity contribution >= 4 is 0 Å². The summed E-state index contributed by atoms with van der Waals surface area (Å²) in [6.07, 6.45) is 0.801. The number of aliphatic hydroxyl groups is 1. The predicted molar refractivity (Wildman–Crippen MR) is 108 cm³/mol. The van der Waals surface area contributed by atoms with Crippen molar-refractivity contribution in [1.29, 1.82) is 0 Å². The summed E-state index contributed by atoms with van der Waals surface area (Å²) in [6, 6.07) is 4.34. The summed E-state index contributed by atoms with van der Waals surface area (Å²) in [7, 11) is 4.92. The van der Waals surface area contributed by atoms with Gasteiger partial charge in [0.1, 0.15) is 0 Å². The maximum atomic E-state index is 9.52. The minimum Gasteiger partial charge on any atom is -0.493 e. The highest BCUT2D eigenvalue weighted by Crippen LogP contribution is 2.40. The van der Waals surface area contributed by atoms with Gasteiger partial charge in [-0.3, -0.25) is 9.80 Å². The van der Waals surface area contributed by atoms with Crippen LogP contribution in [0.15, 0.2) is 12.1 Å². The van der Waals surface area contributed by atoms with Gasteiger partial charge in [0.2, 0.25) is 5.75 Å². The average molecular weight is 381 g/mol. The van der Waals surface area contributed by atoms with E-state index in [0.29, 0.717) is 17.5 Å². The molecule has 27 heavy (non-hydrogen) atoms. The zero-order valence-corrected chi connectivity index (χ0v) is 17.7. The van der Waals surface area contributed by atoms with Crippen LogP contribution in [-0.4, -0.2) is 75.1 Å². The second-order valence-electron chi connectivity index (χ2n) is 8.43. The van der Waals surface area contributed by atoms with Crippen molar-refractivity contribution in [1.82, 2.24) is 9.80 Å². The Bertz CT molecular complexity index is 601. The van der Waals surface area contributed by atoms with E-state index in [9.17, 15) is 5.11 Å². The van der Waals surface area contributed by atoms with Crippen molar-refractivity contribution in [2.45, 2.75) is 39.8 Å². The van der Waals surface area contributed by atoms with Crippen molar-refractivity contribution in [3.63, 3.8) is 0 Å². The summed E-state index contributed by atoms with van der Waals surface area (Å²) in [4.78, 5) is 4.96. The molecule has 6 heteroatoms. The van der Waals surface area contributed by atoms with Crippen LogP contribution in [0.4, 0.5) is 0 Å². The Hall–Kier alpha value is -1.50. The van der Waals surface area contributed by atoms with Gasteiger partial charge < -0.3 is 19.3 Å². The van der Waals surface area contributed by atoms with E-state index in [4.69, 9.17) is 14.2 Å². The summed E-state index contributed by atoms with van der Waals surface area (Å²) in [5, 5.41) is 9.52. The lowest BCUT2D eigenvalue weighted by Crippen LogP contribution is -2.54. The molecule has 0 spiro atoms. The number of piperazine rings is 1. The average Bonchev–Trinajstić information content (AvgIpc) is 2.62. The lowest BCUT2D eigenvalue weighted by Gasteiger charge is -2.44. The van der Waals surface area contributed by atoms with Gasteiger partial charge in [0.05, 0.1) is 21.3 Å². The van der Waals surface area contributed by atoms with E-state index in [1.165, 1.54) is 0 Å². The molecule has 1 heterocycles. The molecule has 1 fully saturated rings. The number of hydrogen-bond donors (Lipinski definition) is 1. The number of hydrogen-bond acceptors (Lipinski definition) is 6. The standard InChI is InChI=1S/C21H36N2O4/c1-21(2,3)15-23-11-10-22(14-17(23)9-12-24)13-16-7-8-18(25-4)20(27-6)19(16)26-5/h7-8,17,24H,9-15H2,1-6H3/t17-/m1/s1. The van der Waals surface area contributed by atoms with Crippen LogP contribution in [0.1, 0.15) is 32.8 Å². The maximum absolute atomic E-state index is 9.52. The third-order valence-corrected chi connectivity index (χ3v) is 5.01. The molecule has 0 unspecified atom stereocenters. The minimum atomic E-state index is 0.221. The van der Waals surface area contributed by atoms with Crippen LogP contribution in [-0.2, 0) is 6.54 Å². The fourth-order valence-corrected chi connectivity index (χ4v) is 3.87. The van der Waals surface area contributed by atoms with Crippen LogP contribution in [0, 0.1) is 5.41 Å². The van der Waals surface area contributed by atoms with E-state index in [1.54, 1.807) is 21.3 Å². The third kappa shape index (κ3) is 5.74. The van der Waals surface area contributed by atoms with Crippen molar-refractivity contribution in [3.05, 3.63) is 17.7 Å². The van der Waals surface area contributed by atoms with Crippen LogP contribution >= 0.6 is 0 Å². The van der Waals surface area contributed by atoms with Gasteiger partial charge in [-0.25, -0.2) is 0 Å². The van der Waals surface area contributed by atoms with Gasteiger partial charge in [-0.05, 0) is 17.9 Å². The summed E-state index contributed by atoms with van der Waals surface area (Å²) in [5.41, 5.74) is 1.34. The molecule has 1 aromatic carbocycles. The van der Waals surface area contributed by atoms with Gasteiger partial charge in [0.15, 0.2) is 11.5 Å². The number of aliphatic hydroxyl groups excluding tert-OH is 1. The molecule has 0 bridgehead atoms. The molecule has 0 radical (unpaired) electrons. The van der Waals surface area contributed by atoms with Crippen molar-refractivity contribution in [2.24, 2.45) is 5.41 Å². The summed E-state index contributed by atoms with van der Waals surface area (Å²) >= 11 is 0. The molecular weight excluding hydrogens is 344 g/mol. The topological polar surface area (TPSA) is 54.4 Å². The molecule has 1 saturated heterocycles. The number of rotatable bonds is 8. The van der Waals surface area contributed by atoms with Crippen LogP contribution in [0.3, 0.4) is 0 Å². The second-order valence-corrected chi connectivity index (χ2v) is 8.43. The fourth-order valence-electron chi connectivity index (χ4n) is 3.87. The number of nitrogens with zero attached hydrogens (tertiary/aromatic N) is 2. The monoisotopic (exact) mass is 380 g/mol. The van der Waals surface area contributed by atoms with Gasteiger partial charge in [0.25, 0.3) is 0 Å². The maximum Gasteiger partial charge on any atom is 0.203 e. The van der Waals surface area contributed by atoms with Gasteiger partial charge in [-0.15, -0.1) is 0 Å². The quantitative estimate of drug-likeness (QED) is 0.748. The second kappa shape index (κ2) is 9.62. The van der Waals surface area contributed by atoms with E-state index in [0.717, 1.165) is 50.5 Å². The summed E-state index contributed by atoms with van der Waals surface area (Å²) < 4.78 is 16.5. The van der Waals surface area contributed by atoms with Crippen molar-refractivity contribution in [3.8, 4) is 17.2 Å². The van der Waals surface area contributed by atoms with Crippen LogP contribution in [0.5, 0.6) is 17.2 Å². The molecule has 1 atom stereocenters. The van der Waals surface area contributed by atoms with Crippen molar-refractivity contribution < 1.29 is 19.3 Å². The van der Waals surface area contributed by atoms with Crippen LogP contribution < -0.4 is 14.2 Å². The zero-order chi connectivity index (χ0) is 20.0. The highest BCUT2D eigenvalue weighted by atomic mass is 16.5. The molecule has 0 aliphatic carbocycles. The molecule has 0 aromatic heterocycles. The fraction of sp³-hybridized carbons (Fsp3) is 0.714. The molecule has 0 saturated carbocycles. The molecule has 1 N–H and O–H groups in total. The molecule has 0 amide bonds. The Morgan fingerprint density at radius 3 is 2.30 bits per heavy atom. The third-order valence-electron chi connectivity index (χ3n) is 5.01. The van der Waals surface area contributed by atoms with E-state index in [-0.39, 0.29) is 12.0 Å². The van der Waals surface area contributed by atoms with Gasteiger partial charge in [-0.2, -0.15) is 0 Å². The molecule has 1 aliphatic heterocycles. The Morgan fingerprint density at radius 1 is 1.04 bits per heavy atom. The Balaban J connectivity index is 2.14. The van der Waals surface area contributed by atoms with E-state index < -0.39 is 0 Å². The van der Waals surface area contributed by atoms with E-state index in [1.807, 2.05) is 12.1 Å². The van der Waals surface area contributed by atoms with Crippen LogP contribution in [0.2, 0.25) is 0 Å². The van der Waals surface area contributed by atoms with Gasteiger partial charge in [0, 0.05) is 50.9 Å². The summed E-state index contributed by atoms with van der Waals surface area (Å²) in [6.45, 7) is 11.8. The Labute approximate surface area is 164 Å². The molecule has 6 nitrogen and oxygen atoms in total. The van der Waals surface area contributed by atoms with Gasteiger partial charge >= 0.3 is 0 Å². The lowest BCUT2D eigenvalue weighted by molar-refractivity contribution is 0.0337. The lowest BCUT2D eigenvalue weighted by atomic mass is 9.94. The van der Waals surface area contributed by atoms with E-state index in [2.05, 4.69) is 30.6 Å². The first kappa shape index (κ1) is 21.8. The molecule has 1 aliphatic rings. The number of ether oxygens (including phenoxy) is 3. The number of benzene rings is 1. The summed E-state index contributed by atoms with van der Waals surface area (Å²) in [5.74, 6) is 2.04. The van der Waals surface area contributed by atoms with Gasteiger partial charge in [-0.1, -0.05) is 26.8 Å². The first-order chi connectivity index (χ1) is 12.8. The molecule has 1 aromatic rings. The smallest absolute Gasteiger partial charge is 0.203 e. The van der Waals surface area contributed by atoms with Crippen LogP contribution in [0.25, 0.3) is 0 Å². The van der Waals surface area contributed by atoms with Crippen molar-refractivity contribution in [2.75, 3.05) is 54.1 Å². The van der Waals surface area contributed by atoms with E-state index >= 15 is 0 Å². The Morgan fingerprint density at radius 2 is 1.74 bits per heavy atom. The zero-order valence-electron chi connectivity index (χ0n) is 17.7. The highest BCUT2D eigenvalue weighted by Gasteiger charge is 2.30. The minimum absolute atomic E-state index is 0.221. The SMILES string of the molecule is COc1ccc(CN2CCN(CC(C)(C)C)[C@H](CCO)C2)c(OC)c1OC. The highest BCUT2D eigenvalue weighted by molar-refractivity contribution is 5.55. The molecule has 2 rings (SSSR count). The largest absolute Gasteiger partial charge is 0.493 e. The predicted octanol–water partition coefficient (Wildman–Crippen LogP) is 2.63. The molecule has 154 valence electrons. The first-order valence-corrected chi connectivity index (χ1v) is 9.68. The first-order valence-electron chi connectivity index (χ1n) is 9.68. The normalized spacial score (nSPS) is 19.1. The Kier molecular flexibility index (Phi) is 7.77. The molecular formula is C21H36N2O4. The number of methoxy groups -OCH3 is 3.